The zero-order chi connectivity index (χ0) is 46.7. The summed E-state index contributed by atoms with van der Waals surface area (Å²) in [4.78, 5) is 76.8. The molecule has 17 heteroatoms. The third-order valence-corrected chi connectivity index (χ3v) is 13.0. The van der Waals surface area contributed by atoms with Crippen molar-refractivity contribution in [3.8, 4) is 0 Å². The molecule has 350 valence electrons. The normalized spacial score (nSPS) is 17.3. The van der Waals surface area contributed by atoms with Gasteiger partial charge < -0.3 is 48.3 Å². The summed E-state index contributed by atoms with van der Waals surface area (Å²) in [6, 6.07) is 5.94. The fourth-order valence-electron chi connectivity index (χ4n) is 9.39. The lowest BCUT2D eigenvalue weighted by molar-refractivity contribution is -0.139. The Labute approximate surface area is 377 Å². The number of esters is 1. The number of methoxy groups -OCH3 is 1. The minimum atomic E-state index is -0.512. The molecule has 17 nitrogen and oxygen atoms in total. The Kier molecular flexibility index (Phi) is 18.1. The van der Waals surface area contributed by atoms with Crippen LogP contribution in [0.25, 0.3) is 22.1 Å². The van der Waals surface area contributed by atoms with E-state index in [4.69, 9.17) is 37.6 Å². The average molecular weight is 885 g/mol. The van der Waals surface area contributed by atoms with Crippen molar-refractivity contribution in [3.05, 3.63) is 68.8 Å². The first-order valence-corrected chi connectivity index (χ1v) is 22.9. The second-order valence-electron chi connectivity index (χ2n) is 17.2. The molecule has 2 amide bonds. The highest BCUT2D eigenvalue weighted by atomic mass is 16.5. The molecule has 2 aliphatic rings. The van der Waals surface area contributed by atoms with E-state index in [2.05, 4.69) is 51.2 Å². The van der Waals surface area contributed by atoms with Crippen LogP contribution in [0.15, 0.2) is 18.2 Å². The molecule has 64 heavy (non-hydrogen) atoms. The topological polar surface area (TPSA) is 269 Å². The first-order chi connectivity index (χ1) is 30.7. The Morgan fingerprint density at radius 1 is 0.719 bits per heavy atom. The van der Waals surface area contributed by atoms with E-state index < -0.39 is 5.97 Å². The molecule has 3 aromatic rings. The molecule has 5 rings (SSSR count). The molecule has 5 heterocycles. The van der Waals surface area contributed by atoms with Crippen molar-refractivity contribution >= 4 is 45.6 Å². The molecule has 3 aromatic heterocycles. The van der Waals surface area contributed by atoms with Gasteiger partial charge in [0.05, 0.1) is 35.8 Å². The number of rotatable bonds is 22. The zero-order valence-electron chi connectivity index (χ0n) is 39.0. The SMILES string of the molecule is CC[C@H]1c2cc3[nH]c(c(CC(=O)OC)c4nc(cc5[nH]c(cc(n2)[C@@H]1C)c(C(C)=O)c5C)[C@@H](C)[C@@H]4CCC(=O)NCCN(CCN)CCN)c(C(=O)NCCN(CCN)CCN)c3C. The van der Waals surface area contributed by atoms with Crippen molar-refractivity contribution in [2.75, 3.05) is 85.6 Å². The Morgan fingerprint density at radius 3 is 1.83 bits per heavy atom. The van der Waals surface area contributed by atoms with Crippen LogP contribution in [-0.4, -0.2) is 139 Å². The number of aromatic amines is 2. The highest BCUT2D eigenvalue weighted by Gasteiger charge is 2.34. The first-order valence-electron chi connectivity index (χ1n) is 22.9. The third kappa shape index (κ3) is 11.6. The summed E-state index contributed by atoms with van der Waals surface area (Å²) in [6.45, 7) is 18.2. The smallest absolute Gasteiger partial charge is 0.310 e. The van der Waals surface area contributed by atoms with Gasteiger partial charge in [-0.2, -0.15) is 0 Å². The van der Waals surface area contributed by atoms with Crippen molar-refractivity contribution in [2.24, 2.45) is 22.9 Å². The number of hydrogen-bond acceptors (Lipinski definition) is 13. The molecule has 0 saturated carbocycles. The van der Waals surface area contributed by atoms with Crippen molar-refractivity contribution in [3.63, 3.8) is 0 Å². The molecule has 0 spiro atoms. The molecule has 8 bridgehead atoms. The number of aryl methyl sites for hydroxylation is 2. The Hall–Kier alpha value is -5.04. The van der Waals surface area contributed by atoms with E-state index in [9.17, 15) is 19.2 Å². The second-order valence-corrected chi connectivity index (χ2v) is 17.2. The number of Topliss-reactive ketones (excluding diaryl/α,β-unsaturated/α-hetero) is 1. The van der Waals surface area contributed by atoms with E-state index in [0.717, 1.165) is 28.9 Å². The fourth-order valence-corrected chi connectivity index (χ4v) is 9.39. The van der Waals surface area contributed by atoms with Crippen molar-refractivity contribution in [1.29, 1.82) is 0 Å². The summed E-state index contributed by atoms with van der Waals surface area (Å²) >= 11 is 0. The second kappa shape index (κ2) is 23.2. The number of H-pyrrole nitrogens is 2. The number of amides is 2. The monoisotopic (exact) mass is 885 g/mol. The lowest BCUT2D eigenvalue weighted by Crippen LogP contribution is -2.40. The molecule has 4 atom stereocenters. The van der Waals surface area contributed by atoms with Crippen molar-refractivity contribution < 1.29 is 23.9 Å². The Bertz CT molecular complexity index is 2290. The van der Waals surface area contributed by atoms with Crippen LogP contribution in [0.5, 0.6) is 0 Å². The molecule has 0 unspecified atom stereocenters. The largest absolute Gasteiger partial charge is 0.469 e. The first kappa shape index (κ1) is 50.0. The van der Waals surface area contributed by atoms with Gasteiger partial charge in [0.2, 0.25) is 5.91 Å². The lowest BCUT2D eigenvalue weighted by Gasteiger charge is -2.21. The van der Waals surface area contributed by atoms with Gasteiger partial charge in [0.1, 0.15) is 0 Å². The molecular formula is C47H72N12O5. The van der Waals surface area contributed by atoms with Gasteiger partial charge in [-0.05, 0) is 62.9 Å². The van der Waals surface area contributed by atoms with E-state index in [0.29, 0.717) is 135 Å². The number of ether oxygens (including phenoxy) is 1. The standard InChI is InChI=1S/C47H72N12O5/c1-8-32-27(2)35-26-40-43(31(6)60)29(4)37(55-40)24-36-28(3)33(9-10-41(61)52-15-21-58(17-11-48)18-12-49)45(56-36)34(23-42(62)64-7)46-44(30(5)38(57-46)25-39(32)54-35)47(63)53-16-22-59(19-13-50)20-14-51/h24-28,32-33,55,57H,8-23,48-51H2,1-7H3,(H,52,61)(H,53,63)/t27-,28+,32-,33+/m1/s1. The molecule has 12 N–H and O–H groups in total. The summed E-state index contributed by atoms with van der Waals surface area (Å²) < 4.78 is 5.30. The fraction of sp³-hybridized carbons (Fsp3) is 0.574. The van der Waals surface area contributed by atoms with Gasteiger partial charge in [-0.15, -0.1) is 0 Å². The maximum absolute atomic E-state index is 14.6. The number of fused-ring (bicyclic) bond motifs is 8. The number of aromatic nitrogens is 4. The van der Waals surface area contributed by atoms with Crippen LogP contribution in [0.2, 0.25) is 0 Å². The van der Waals surface area contributed by atoms with E-state index in [1.807, 2.05) is 32.0 Å². The quantitative estimate of drug-likeness (QED) is 0.0533. The van der Waals surface area contributed by atoms with E-state index in [1.165, 1.54) is 7.11 Å². The highest BCUT2D eigenvalue weighted by Crippen LogP contribution is 2.43. The van der Waals surface area contributed by atoms with Crippen molar-refractivity contribution in [2.45, 2.75) is 90.9 Å². The third-order valence-electron chi connectivity index (χ3n) is 13.0. The summed E-state index contributed by atoms with van der Waals surface area (Å²) in [5, 5.41) is 6.20. The number of nitrogens with two attached hydrogens (primary N) is 4. The number of hydrogen-bond donors (Lipinski definition) is 8. The van der Waals surface area contributed by atoms with Gasteiger partial charge in [0.25, 0.3) is 5.91 Å². The van der Waals surface area contributed by atoms with Gasteiger partial charge >= 0.3 is 5.97 Å². The van der Waals surface area contributed by atoms with Gasteiger partial charge in [0.15, 0.2) is 5.78 Å². The van der Waals surface area contributed by atoms with Gasteiger partial charge in [-0.25, -0.2) is 0 Å². The average Bonchev–Trinajstić information content (AvgIpc) is 3.95. The number of ketones is 1. The van der Waals surface area contributed by atoms with Gasteiger partial charge in [0, 0.05) is 148 Å². The van der Waals surface area contributed by atoms with Crippen LogP contribution in [-0.2, 0) is 20.7 Å². The van der Waals surface area contributed by atoms with Crippen LogP contribution in [0.4, 0.5) is 0 Å². The van der Waals surface area contributed by atoms with E-state index in [-0.39, 0.29) is 54.1 Å². The molecule has 0 fully saturated rings. The van der Waals surface area contributed by atoms with Gasteiger partial charge in [-0.1, -0.05) is 20.8 Å². The predicted octanol–water partition coefficient (Wildman–Crippen LogP) is 3.10. The van der Waals surface area contributed by atoms with Crippen LogP contribution in [0, 0.1) is 13.8 Å². The summed E-state index contributed by atoms with van der Waals surface area (Å²) in [5.41, 5.74) is 31.8. The number of carbonyl (C=O) groups is 4. The minimum Gasteiger partial charge on any atom is -0.469 e. The highest BCUT2D eigenvalue weighted by molar-refractivity contribution is 6.06. The van der Waals surface area contributed by atoms with Crippen molar-refractivity contribution in [1.82, 2.24) is 40.4 Å². The minimum absolute atomic E-state index is 0.0384. The Balaban J connectivity index is 1.78. The molecular weight excluding hydrogens is 813 g/mol. The lowest BCUT2D eigenvalue weighted by atomic mass is 9.85. The van der Waals surface area contributed by atoms with Crippen LogP contribution >= 0.6 is 0 Å². The van der Waals surface area contributed by atoms with E-state index in [1.54, 1.807) is 6.92 Å². The molecule has 0 saturated heterocycles. The maximum atomic E-state index is 14.6. The number of nitrogens with one attached hydrogen (secondary N) is 4. The predicted molar refractivity (Wildman–Crippen MR) is 252 cm³/mol. The van der Waals surface area contributed by atoms with Crippen LogP contribution in [0.1, 0.15) is 131 Å². The zero-order valence-corrected chi connectivity index (χ0v) is 39.0. The number of carbonyl (C=O) groups excluding carboxylic acids is 4. The molecule has 0 aliphatic carbocycles. The summed E-state index contributed by atoms with van der Waals surface area (Å²) in [7, 11) is 1.34. The number of nitrogens with zero attached hydrogens (tertiary/aromatic N) is 4. The molecule has 0 radical (unpaired) electrons. The van der Waals surface area contributed by atoms with Gasteiger partial charge in [-0.3, -0.25) is 38.9 Å². The van der Waals surface area contributed by atoms with E-state index >= 15 is 0 Å². The molecule has 2 aliphatic heterocycles. The summed E-state index contributed by atoms with van der Waals surface area (Å²) in [6.07, 6.45) is 1.19. The maximum Gasteiger partial charge on any atom is 0.310 e. The van der Waals surface area contributed by atoms with Crippen LogP contribution < -0.4 is 33.6 Å². The summed E-state index contributed by atoms with van der Waals surface area (Å²) in [5.74, 6) is -1.51. The Morgan fingerprint density at radius 2 is 1.25 bits per heavy atom. The molecule has 0 aromatic carbocycles. The van der Waals surface area contributed by atoms with Crippen LogP contribution in [0.3, 0.4) is 0 Å².